The van der Waals surface area contributed by atoms with Crippen LogP contribution in [0.5, 0.6) is 11.5 Å². The number of phenolic OH excluding ortho intramolecular Hbond substituents is 2. The predicted molar refractivity (Wildman–Crippen MR) is 107 cm³/mol. The molecule has 0 atom stereocenters. The van der Waals surface area contributed by atoms with Gasteiger partial charge < -0.3 is 20.4 Å². The summed E-state index contributed by atoms with van der Waals surface area (Å²) in [4.78, 5) is 16.8. The number of hydrogen-bond donors (Lipinski definition) is 3. The van der Waals surface area contributed by atoms with Gasteiger partial charge in [-0.1, -0.05) is 29.8 Å². The number of allylic oxidation sites excluding steroid dienone is 1. The zero-order valence-electron chi connectivity index (χ0n) is 15.1. The molecule has 0 aliphatic heterocycles. The molecule has 2 aromatic carbocycles. The molecule has 156 valence electrons. The minimum absolute atomic E-state index is 0.0337. The van der Waals surface area contributed by atoms with Gasteiger partial charge in [0.25, 0.3) is 0 Å². The molecular weight excluding hydrogens is 425 g/mol. The summed E-state index contributed by atoms with van der Waals surface area (Å²) >= 11 is 6.02. The van der Waals surface area contributed by atoms with Crippen LogP contribution in [-0.4, -0.2) is 16.4 Å². The van der Waals surface area contributed by atoms with E-state index in [2.05, 4.69) is 4.99 Å². The monoisotopic (exact) mass is 438 g/mol. The summed E-state index contributed by atoms with van der Waals surface area (Å²) in [6.45, 7) is 0.0337. The molecule has 3 rings (SSSR count). The third-order valence-electron chi connectivity index (χ3n) is 4.19. The van der Waals surface area contributed by atoms with Crippen molar-refractivity contribution in [2.24, 2.45) is 10.7 Å². The lowest BCUT2D eigenvalue weighted by Crippen LogP contribution is -2.19. The van der Waals surface area contributed by atoms with Crippen molar-refractivity contribution in [3.8, 4) is 11.5 Å². The summed E-state index contributed by atoms with van der Waals surface area (Å²) < 4.78 is 45.7. The molecule has 0 unspecified atom stereocenters. The van der Waals surface area contributed by atoms with Crippen LogP contribution in [0.1, 0.15) is 16.9 Å². The number of halogens is 4. The molecule has 30 heavy (non-hydrogen) atoms. The molecule has 1 heterocycles. The highest BCUT2D eigenvalue weighted by Crippen LogP contribution is 2.39. The standard InChI is InChI=1S/C20H14ClF3N2O4/c21-13-4-2-1-3-10(13)8-26-9-11(7-25)15-16(28)12-5-6-14(27)17(29)18(12)30-19(15)20(22,23)24/h1-7,9,27,29H,8,25H2/b11-7+,26-9?. The molecule has 0 saturated carbocycles. The highest BCUT2D eigenvalue weighted by Gasteiger charge is 2.40. The Kier molecular flexibility index (Phi) is 5.75. The van der Waals surface area contributed by atoms with Crippen LogP contribution in [0, 0.1) is 0 Å². The molecule has 10 heteroatoms. The Bertz CT molecular complexity index is 1230. The Morgan fingerprint density at radius 1 is 1.20 bits per heavy atom. The van der Waals surface area contributed by atoms with Crippen LogP contribution >= 0.6 is 11.6 Å². The number of nitrogens with two attached hydrogens (primary N) is 1. The quantitative estimate of drug-likeness (QED) is 0.412. The first-order chi connectivity index (χ1) is 14.1. The minimum atomic E-state index is -5.09. The van der Waals surface area contributed by atoms with Crippen molar-refractivity contribution in [2.45, 2.75) is 12.7 Å². The number of alkyl halides is 3. The fourth-order valence-electron chi connectivity index (χ4n) is 2.76. The van der Waals surface area contributed by atoms with Gasteiger partial charge in [0.15, 0.2) is 11.3 Å². The zero-order valence-corrected chi connectivity index (χ0v) is 15.8. The summed E-state index contributed by atoms with van der Waals surface area (Å²) in [6, 6.07) is 8.75. The normalized spacial score (nSPS) is 12.7. The summed E-state index contributed by atoms with van der Waals surface area (Å²) in [5.41, 5.74) is 3.00. The fourth-order valence-corrected chi connectivity index (χ4v) is 2.95. The van der Waals surface area contributed by atoms with Gasteiger partial charge in [0.2, 0.25) is 16.9 Å². The van der Waals surface area contributed by atoms with Gasteiger partial charge in [0.05, 0.1) is 17.5 Å². The van der Waals surface area contributed by atoms with Gasteiger partial charge in [0.1, 0.15) is 0 Å². The lowest BCUT2D eigenvalue weighted by Gasteiger charge is -2.13. The lowest BCUT2D eigenvalue weighted by atomic mass is 10.0. The van der Waals surface area contributed by atoms with E-state index in [9.17, 15) is 28.2 Å². The molecule has 0 aliphatic carbocycles. The topological polar surface area (TPSA) is 109 Å². The van der Waals surface area contributed by atoms with Gasteiger partial charge in [-0.2, -0.15) is 13.2 Å². The van der Waals surface area contributed by atoms with E-state index in [4.69, 9.17) is 21.8 Å². The first-order valence-electron chi connectivity index (χ1n) is 8.39. The van der Waals surface area contributed by atoms with E-state index in [1.165, 1.54) is 0 Å². The molecule has 4 N–H and O–H groups in total. The molecular formula is C20H14ClF3N2O4. The SMILES string of the molecule is N/C=C(\C=NCc1ccccc1Cl)c1c(C(F)(F)F)oc2c(O)c(O)ccc2c1=O. The van der Waals surface area contributed by atoms with Crippen LogP contribution in [0.2, 0.25) is 5.02 Å². The van der Waals surface area contributed by atoms with Crippen LogP contribution in [0.15, 0.2) is 56.8 Å². The third kappa shape index (κ3) is 3.97. The molecule has 0 aliphatic rings. The summed E-state index contributed by atoms with van der Waals surface area (Å²) in [7, 11) is 0. The number of aliphatic imine (C=N–C) groups is 1. The molecule has 3 aromatic rings. The Balaban J connectivity index is 2.16. The van der Waals surface area contributed by atoms with Crippen molar-refractivity contribution in [1.29, 1.82) is 0 Å². The van der Waals surface area contributed by atoms with Crippen molar-refractivity contribution in [3.63, 3.8) is 0 Å². The second-order valence-corrected chi connectivity index (χ2v) is 6.53. The first kappa shape index (κ1) is 21.3. The van der Waals surface area contributed by atoms with Crippen LogP contribution in [0.25, 0.3) is 16.5 Å². The van der Waals surface area contributed by atoms with E-state index < -0.39 is 40.0 Å². The van der Waals surface area contributed by atoms with Crippen molar-refractivity contribution in [2.75, 3.05) is 0 Å². The highest BCUT2D eigenvalue weighted by atomic mass is 35.5. The molecule has 0 saturated heterocycles. The number of phenols is 2. The lowest BCUT2D eigenvalue weighted by molar-refractivity contribution is -0.153. The zero-order chi connectivity index (χ0) is 22.1. The first-order valence-corrected chi connectivity index (χ1v) is 8.77. The maximum atomic E-state index is 13.6. The van der Waals surface area contributed by atoms with Crippen LogP contribution < -0.4 is 11.2 Å². The van der Waals surface area contributed by atoms with Gasteiger partial charge in [-0.05, 0) is 23.8 Å². The average Bonchev–Trinajstić information content (AvgIpc) is 2.69. The summed E-state index contributed by atoms with van der Waals surface area (Å²) in [5, 5.41) is 19.4. The predicted octanol–water partition coefficient (Wildman–Crippen LogP) is 4.45. The molecule has 0 amide bonds. The van der Waals surface area contributed by atoms with Gasteiger partial charge in [-0.15, -0.1) is 0 Å². The maximum absolute atomic E-state index is 13.6. The van der Waals surface area contributed by atoms with Gasteiger partial charge in [-0.25, -0.2) is 0 Å². The van der Waals surface area contributed by atoms with Crippen LogP contribution in [-0.2, 0) is 12.7 Å². The number of aromatic hydroxyl groups is 2. The second-order valence-electron chi connectivity index (χ2n) is 6.13. The molecule has 0 bridgehead atoms. The molecule has 6 nitrogen and oxygen atoms in total. The summed E-state index contributed by atoms with van der Waals surface area (Å²) in [5.74, 6) is -3.39. The highest BCUT2D eigenvalue weighted by molar-refractivity contribution is 6.31. The molecule has 0 spiro atoms. The van der Waals surface area contributed by atoms with E-state index in [0.717, 1.165) is 24.5 Å². The Morgan fingerprint density at radius 3 is 2.53 bits per heavy atom. The largest absolute Gasteiger partial charge is 0.504 e. The van der Waals surface area contributed by atoms with Gasteiger partial charge >= 0.3 is 6.18 Å². The Hall–Kier alpha value is -3.46. The minimum Gasteiger partial charge on any atom is -0.504 e. The Morgan fingerprint density at radius 2 is 1.90 bits per heavy atom. The number of fused-ring (bicyclic) bond motifs is 1. The van der Waals surface area contributed by atoms with Crippen molar-refractivity contribution in [1.82, 2.24) is 0 Å². The number of rotatable bonds is 4. The van der Waals surface area contributed by atoms with E-state index in [1.807, 2.05) is 0 Å². The number of nitrogens with zero attached hydrogens (tertiary/aromatic N) is 1. The molecule has 1 aromatic heterocycles. The van der Waals surface area contributed by atoms with Crippen molar-refractivity contribution >= 4 is 34.4 Å². The van der Waals surface area contributed by atoms with E-state index in [0.29, 0.717) is 10.6 Å². The van der Waals surface area contributed by atoms with E-state index >= 15 is 0 Å². The van der Waals surface area contributed by atoms with Crippen molar-refractivity contribution < 1.29 is 27.8 Å². The second kappa shape index (κ2) is 8.11. The smallest absolute Gasteiger partial charge is 0.450 e. The average molecular weight is 439 g/mol. The third-order valence-corrected chi connectivity index (χ3v) is 4.56. The van der Waals surface area contributed by atoms with E-state index in [1.54, 1.807) is 24.3 Å². The maximum Gasteiger partial charge on any atom is 0.450 e. The number of benzene rings is 2. The van der Waals surface area contributed by atoms with E-state index in [-0.39, 0.29) is 17.5 Å². The summed E-state index contributed by atoms with van der Waals surface area (Å²) in [6.07, 6.45) is -3.29. The Labute approximate surface area is 172 Å². The van der Waals surface area contributed by atoms with Crippen LogP contribution in [0.3, 0.4) is 0 Å². The fraction of sp³-hybridized carbons (Fsp3) is 0.100. The molecule has 0 fully saturated rings. The molecule has 0 radical (unpaired) electrons. The van der Waals surface area contributed by atoms with Gasteiger partial charge in [-0.3, -0.25) is 9.79 Å². The van der Waals surface area contributed by atoms with Gasteiger partial charge in [0, 0.05) is 23.0 Å². The van der Waals surface area contributed by atoms with Crippen molar-refractivity contribution in [3.05, 3.63) is 74.7 Å². The van der Waals surface area contributed by atoms with Crippen LogP contribution in [0.4, 0.5) is 13.2 Å². The number of hydrogen-bond acceptors (Lipinski definition) is 6.